The van der Waals surface area contributed by atoms with Crippen LogP contribution in [0.15, 0.2) is 24.5 Å². The molecule has 4 rings (SSSR count). The van der Waals surface area contributed by atoms with Crippen LogP contribution in [0.5, 0.6) is 5.75 Å². The summed E-state index contributed by atoms with van der Waals surface area (Å²) in [5.74, 6) is 2.06. The Bertz CT molecular complexity index is 1030. The Morgan fingerprint density at radius 3 is 2.74 bits per heavy atom. The molecule has 0 spiro atoms. The fourth-order valence-corrected chi connectivity index (χ4v) is 4.56. The lowest BCUT2D eigenvalue weighted by molar-refractivity contribution is 0.152. The SMILES string of the molecule is Cc1nc(-c2sc(F)cc2CNc2nccc(C(C)C)n2)ncc1OC1CCCCC1. The summed E-state index contributed by atoms with van der Waals surface area (Å²) >= 11 is 1.05. The van der Waals surface area contributed by atoms with Crippen molar-refractivity contribution in [2.24, 2.45) is 0 Å². The average molecular weight is 442 g/mol. The predicted octanol–water partition coefficient (Wildman–Crippen LogP) is 5.89. The second-order valence-corrected chi connectivity index (χ2v) is 9.24. The molecule has 0 bridgehead atoms. The number of ether oxygens (including phenoxy) is 1. The van der Waals surface area contributed by atoms with Gasteiger partial charge in [0.25, 0.3) is 0 Å². The van der Waals surface area contributed by atoms with E-state index >= 15 is 0 Å². The van der Waals surface area contributed by atoms with Crippen molar-refractivity contribution >= 4 is 17.3 Å². The van der Waals surface area contributed by atoms with E-state index in [2.05, 4.69) is 39.1 Å². The summed E-state index contributed by atoms with van der Waals surface area (Å²) in [5, 5.41) is 2.93. The van der Waals surface area contributed by atoms with Gasteiger partial charge in [-0.25, -0.2) is 19.9 Å². The maximum absolute atomic E-state index is 14.1. The van der Waals surface area contributed by atoms with Gasteiger partial charge in [-0.15, -0.1) is 11.3 Å². The minimum absolute atomic E-state index is 0.238. The van der Waals surface area contributed by atoms with Gasteiger partial charge in [0.2, 0.25) is 5.95 Å². The molecule has 1 N–H and O–H groups in total. The normalized spacial score (nSPS) is 14.7. The Morgan fingerprint density at radius 1 is 1.19 bits per heavy atom. The van der Waals surface area contributed by atoms with Crippen molar-refractivity contribution < 1.29 is 9.13 Å². The number of rotatable bonds is 7. The number of anilines is 1. The van der Waals surface area contributed by atoms with E-state index in [1.807, 2.05) is 13.0 Å². The Hall–Kier alpha value is -2.61. The maximum atomic E-state index is 14.1. The minimum Gasteiger partial charge on any atom is -0.487 e. The molecule has 0 unspecified atom stereocenters. The fourth-order valence-electron chi connectivity index (χ4n) is 3.71. The highest BCUT2D eigenvalue weighted by Crippen LogP contribution is 2.32. The van der Waals surface area contributed by atoms with E-state index in [0.29, 0.717) is 34.9 Å². The van der Waals surface area contributed by atoms with Gasteiger partial charge in [-0.1, -0.05) is 20.3 Å². The second kappa shape index (κ2) is 9.68. The van der Waals surface area contributed by atoms with E-state index in [0.717, 1.165) is 41.1 Å². The summed E-state index contributed by atoms with van der Waals surface area (Å²) in [6.45, 7) is 6.47. The highest BCUT2D eigenvalue weighted by molar-refractivity contribution is 7.14. The molecule has 1 fully saturated rings. The first-order chi connectivity index (χ1) is 15.0. The van der Waals surface area contributed by atoms with Crippen molar-refractivity contribution in [3.05, 3.63) is 46.6 Å². The van der Waals surface area contributed by atoms with Crippen molar-refractivity contribution in [1.29, 1.82) is 0 Å². The van der Waals surface area contributed by atoms with Crippen LogP contribution in [-0.4, -0.2) is 26.0 Å². The van der Waals surface area contributed by atoms with Gasteiger partial charge >= 0.3 is 0 Å². The molecule has 8 heteroatoms. The topological polar surface area (TPSA) is 72.8 Å². The van der Waals surface area contributed by atoms with E-state index in [1.165, 1.54) is 25.3 Å². The Kier molecular flexibility index (Phi) is 6.75. The van der Waals surface area contributed by atoms with Crippen molar-refractivity contribution in [2.45, 2.75) is 71.4 Å². The van der Waals surface area contributed by atoms with E-state index in [9.17, 15) is 4.39 Å². The van der Waals surface area contributed by atoms with Gasteiger partial charge in [0, 0.05) is 18.4 Å². The number of halogens is 1. The first-order valence-corrected chi connectivity index (χ1v) is 11.7. The molecule has 1 aliphatic rings. The van der Waals surface area contributed by atoms with Crippen molar-refractivity contribution in [1.82, 2.24) is 19.9 Å². The molecule has 3 heterocycles. The van der Waals surface area contributed by atoms with Crippen LogP contribution in [0.2, 0.25) is 0 Å². The van der Waals surface area contributed by atoms with Crippen LogP contribution in [0.25, 0.3) is 10.7 Å². The number of thiophene rings is 1. The number of aryl methyl sites for hydroxylation is 1. The summed E-state index contributed by atoms with van der Waals surface area (Å²) in [5.41, 5.74) is 2.51. The fraction of sp³-hybridized carbons (Fsp3) is 0.478. The first-order valence-electron chi connectivity index (χ1n) is 10.9. The number of nitrogens with zero attached hydrogens (tertiary/aromatic N) is 4. The molecule has 0 aliphatic heterocycles. The number of hydrogen-bond acceptors (Lipinski definition) is 7. The summed E-state index contributed by atoms with van der Waals surface area (Å²) in [7, 11) is 0. The lowest BCUT2D eigenvalue weighted by Gasteiger charge is -2.23. The molecule has 31 heavy (non-hydrogen) atoms. The molecule has 1 saturated carbocycles. The Balaban J connectivity index is 1.50. The number of hydrogen-bond donors (Lipinski definition) is 1. The molecule has 0 atom stereocenters. The Labute approximate surface area is 186 Å². The monoisotopic (exact) mass is 441 g/mol. The van der Waals surface area contributed by atoms with Crippen molar-refractivity contribution in [2.75, 3.05) is 5.32 Å². The zero-order valence-corrected chi connectivity index (χ0v) is 19.0. The van der Waals surface area contributed by atoms with Crippen molar-refractivity contribution in [3.63, 3.8) is 0 Å². The van der Waals surface area contributed by atoms with Gasteiger partial charge in [-0.3, -0.25) is 0 Å². The summed E-state index contributed by atoms with van der Waals surface area (Å²) in [4.78, 5) is 18.6. The molecular weight excluding hydrogens is 413 g/mol. The van der Waals surface area contributed by atoms with Crippen LogP contribution < -0.4 is 10.1 Å². The summed E-state index contributed by atoms with van der Waals surface area (Å²) in [6, 6.07) is 3.42. The molecule has 0 radical (unpaired) electrons. The van der Waals surface area contributed by atoms with Crippen LogP contribution in [0.1, 0.15) is 68.8 Å². The van der Waals surface area contributed by atoms with Crippen molar-refractivity contribution in [3.8, 4) is 16.5 Å². The largest absolute Gasteiger partial charge is 0.487 e. The number of nitrogens with one attached hydrogen (secondary N) is 1. The minimum atomic E-state index is -0.271. The van der Waals surface area contributed by atoms with E-state index in [4.69, 9.17) is 4.74 Å². The average Bonchev–Trinajstić information content (AvgIpc) is 3.15. The summed E-state index contributed by atoms with van der Waals surface area (Å²) in [6.07, 6.45) is 9.53. The molecule has 0 saturated heterocycles. The predicted molar refractivity (Wildman–Crippen MR) is 121 cm³/mol. The van der Waals surface area contributed by atoms with E-state index in [1.54, 1.807) is 12.4 Å². The molecule has 1 aliphatic carbocycles. The molecule has 0 amide bonds. The van der Waals surface area contributed by atoms with Gasteiger partial charge < -0.3 is 10.1 Å². The van der Waals surface area contributed by atoms with Gasteiger partial charge in [0.15, 0.2) is 16.7 Å². The zero-order valence-electron chi connectivity index (χ0n) is 18.2. The third-order valence-corrected chi connectivity index (χ3v) is 6.43. The molecular formula is C23H28FN5OS. The number of aromatic nitrogens is 4. The zero-order chi connectivity index (χ0) is 21.8. The maximum Gasteiger partial charge on any atom is 0.223 e. The van der Waals surface area contributed by atoms with Gasteiger partial charge in [-0.2, -0.15) is 4.39 Å². The quantitative estimate of drug-likeness (QED) is 0.493. The van der Waals surface area contributed by atoms with Gasteiger partial charge in [0.1, 0.15) is 0 Å². The van der Waals surface area contributed by atoms with Crippen LogP contribution in [0.4, 0.5) is 10.3 Å². The smallest absolute Gasteiger partial charge is 0.223 e. The van der Waals surface area contributed by atoms with Gasteiger partial charge in [-0.05, 0) is 56.2 Å². The summed E-state index contributed by atoms with van der Waals surface area (Å²) < 4.78 is 20.3. The van der Waals surface area contributed by atoms with Crippen LogP contribution >= 0.6 is 11.3 Å². The molecule has 3 aromatic heterocycles. The third-order valence-electron chi connectivity index (χ3n) is 5.47. The first kappa shape index (κ1) is 21.6. The van der Waals surface area contributed by atoms with Crippen LogP contribution in [0.3, 0.4) is 0 Å². The third kappa shape index (κ3) is 5.36. The molecule has 6 nitrogen and oxygen atoms in total. The Morgan fingerprint density at radius 2 is 2.00 bits per heavy atom. The lowest BCUT2D eigenvalue weighted by Crippen LogP contribution is -2.20. The van der Waals surface area contributed by atoms with Gasteiger partial charge in [0.05, 0.1) is 22.9 Å². The molecule has 0 aromatic carbocycles. The standard InChI is InChI=1S/C23H28FN5OS/c1-14(2)18-9-10-25-23(29-18)27-12-16-11-20(24)31-21(16)22-26-13-19(15(3)28-22)30-17-7-5-4-6-8-17/h9-11,13-14,17H,4-8,12H2,1-3H3,(H,25,27,29). The molecule has 164 valence electrons. The van der Waals surface area contributed by atoms with Crippen LogP contribution in [-0.2, 0) is 6.54 Å². The van der Waals surface area contributed by atoms with E-state index < -0.39 is 0 Å². The second-order valence-electron chi connectivity index (χ2n) is 8.24. The van der Waals surface area contributed by atoms with Crippen LogP contribution in [0, 0.1) is 12.1 Å². The molecule has 3 aromatic rings. The highest BCUT2D eigenvalue weighted by atomic mass is 32.1. The van der Waals surface area contributed by atoms with E-state index in [-0.39, 0.29) is 11.2 Å². The lowest BCUT2D eigenvalue weighted by atomic mass is 9.98. The highest BCUT2D eigenvalue weighted by Gasteiger charge is 2.19.